The molecule has 1 aliphatic rings. The number of hydrogen-bond donors (Lipinski definition) is 0. The standard InChI is InChI=1S/C15H23N3O2/c1-11-8-12(17(2)3)9-13(16-11)14-6-5-7-18(14)15(19)10-20-4/h8-9,14H,5-7,10H2,1-4H3/t14-/m1/s1. The van der Waals surface area contributed by atoms with Crippen LogP contribution in [-0.2, 0) is 9.53 Å². The molecule has 1 fully saturated rings. The topological polar surface area (TPSA) is 45.7 Å². The van der Waals surface area contributed by atoms with E-state index in [1.165, 1.54) is 0 Å². The predicted octanol–water partition coefficient (Wildman–Crippen LogP) is 1.77. The SMILES string of the molecule is COCC(=O)N1CCC[C@@H]1c1cc(N(C)C)cc(C)n1. The van der Waals surface area contributed by atoms with Crippen LogP contribution in [0.15, 0.2) is 12.1 Å². The molecule has 2 rings (SSSR count). The summed E-state index contributed by atoms with van der Waals surface area (Å²) >= 11 is 0. The van der Waals surface area contributed by atoms with Crippen molar-refractivity contribution < 1.29 is 9.53 Å². The fourth-order valence-corrected chi connectivity index (χ4v) is 2.68. The minimum atomic E-state index is 0.0460. The van der Waals surface area contributed by atoms with E-state index in [-0.39, 0.29) is 18.6 Å². The second-order valence-corrected chi connectivity index (χ2v) is 5.46. The molecule has 0 aromatic carbocycles. The van der Waals surface area contributed by atoms with E-state index in [2.05, 4.69) is 22.0 Å². The molecule has 0 aliphatic carbocycles. The van der Waals surface area contributed by atoms with Crippen LogP contribution in [0, 0.1) is 6.92 Å². The number of nitrogens with zero attached hydrogens (tertiary/aromatic N) is 3. The Hall–Kier alpha value is -1.62. The van der Waals surface area contributed by atoms with Gasteiger partial charge in [-0.05, 0) is 31.9 Å². The zero-order valence-electron chi connectivity index (χ0n) is 12.7. The monoisotopic (exact) mass is 277 g/mol. The molecule has 0 saturated carbocycles. The molecule has 20 heavy (non-hydrogen) atoms. The van der Waals surface area contributed by atoms with Crippen molar-refractivity contribution in [2.75, 3.05) is 39.3 Å². The largest absolute Gasteiger partial charge is 0.378 e. The molecule has 5 heteroatoms. The van der Waals surface area contributed by atoms with Crippen LogP contribution in [0.4, 0.5) is 5.69 Å². The lowest BCUT2D eigenvalue weighted by Gasteiger charge is -2.25. The highest BCUT2D eigenvalue weighted by Gasteiger charge is 2.31. The summed E-state index contributed by atoms with van der Waals surface area (Å²) in [6.07, 6.45) is 1.99. The average Bonchev–Trinajstić information content (AvgIpc) is 2.87. The van der Waals surface area contributed by atoms with E-state index >= 15 is 0 Å². The van der Waals surface area contributed by atoms with Crippen molar-refractivity contribution in [3.05, 3.63) is 23.5 Å². The Bertz CT molecular complexity index is 488. The van der Waals surface area contributed by atoms with Gasteiger partial charge >= 0.3 is 0 Å². The molecule has 2 heterocycles. The lowest BCUT2D eigenvalue weighted by atomic mass is 10.1. The van der Waals surface area contributed by atoms with Crippen molar-refractivity contribution in [2.45, 2.75) is 25.8 Å². The third kappa shape index (κ3) is 3.10. The number of hydrogen-bond acceptors (Lipinski definition) is 4. The first kappa shape index (κ1) is 14.8. The van der Waals surface area contributed by atoms with Gasteiger partial charge in [-0.25, -0.2) is 0 Å². The van der Waals surface area contributed by atoms with Crippen molar-refractivity contribution in [3.8, 4) is 0 Å². The van der Waals surface area contributed by atoms with Crippen LogP contribution in [0.5, 0.6) is 0 Å². The Kier molecular flexibility index (Phi) is 4.60. The predicted molar refractivity (Wildman–Crippen MR) is 78.9 cm³/mol. The molecule has 0 unspecified atom stereocenters. The summed E-state index contributed by atoms with van der Waals surface area (Å²) in [5.74, 6) is 0.0460. The summed E-state index contributed by atoms with van der Waals surface area (Å²) in [5.41, 5.74) is 3.09. The minimum absolute atomic E-state index is 0.0460. The van der Waals surface area contributed by atoms with Gasteiger partial charge in [0.25, 0.3) is 0 Å². The van der Waals surface area contributed by atoms with E-state index in [1.54, 1.807) is 7.11 Å². The molecule has 0 N–H and O–H groups in total. The first-order valence-electron chi connectivity index (χ1n) is 6.97. The van der Waals surface area contributed by atoms with Gasteiger partial charge in [-0.3, -0.25) is 9.78 Å². The number of pyridine rings is 1. The van der Waals surface area contributed by atoms with Crippen LogP contribution in [0.25, 0.3) is 0 Å². The van der Waals surface area contributed by atoms with Crippen LogP contribution in [0.3, 0.4) is 0 Å². The molecule has 1 aromatic rings. The number of anilines is 1. The number of likely N-dealkylation sites (tertiary alicyclic amines) is 1. The van der Waals surface area contributed by atoms with Gasteiger partial charge in [-0.15, -0.1) is 0 Å². The number of aryl methyl sites for hydroxylation is 1. The van der Waals surface area contributed by atoms with E-state index in [4.69, 9.17) is 4.74 Å². The van der Waals surface area contributed by atoms with Gasteiger partial charge < -0.3 is 14.5 Å². The highest BCUT2D eigenvalue weighted by Crippen LogP contribution is 2.32. The maximum atomic E-state index is 12.1. The summed E-state index contributed by atoms with van der Waals surface area (Å²) in [4.78, 5) is 20.7. The molecular weight excluding hydrogens is 254 g/mol. The molecule has 0 spiro atoms. The van der Waals surface area contributed by atoms with Crippen molar-refractivity contribution in [3.63, 3.8) is 0 Å². The fraction of sp³-hybridized carbons (Fsp3) is 0.600. The third-order valence-electron chi connectivity index (χ3n) is 3.66. The van der Waals surface area contributed by atoms with E-state index < -0.39 is 0 Å². The van der Waals surface area contributed by atoms with Crippen LogP contribution >= 0.6 is 0 Å². The van der Waals surface area contributed by atoms with Crippen molar-refractivity contribution in [2.24, 2.45) is 0 Å². The van der Waals surface area contributed by atoms with Gasteiger partial charge in [-0.2, -0.15) is 0 Å². The van der Waals surface area contributed by atoms with Crippen molar-refractivity contribution in [1.82, 2.24) is 9.88 Å². The van der Waals surface area contributed by atoms with Crippen LogP contribution < -0.4 is 4.90 Å². The van der Waals surface area contributed by atoms with Crippen LogP contribution in [-0.4, -0.2) is 50.1 Å². The Morgan fingerprint density at radius 2 is 2.25 bits per heavy atom. The molecule has 1 amide bonds. The lowest BCUT2D eigenvalue weighted by molar-refractivity contribution is -0.136. The number of ether oxygens (including phenoxy) is 1. The third-order valence-corrected chi connectivity index (χ3v) is 3.66. The van der Waals surface area contributed by atoms with Crippen LogP contribution in [0.2, 0.25) is 0 Å². The van der Waals surface area contributed by atoms with Gasteiger partial charge in [0, 0.05) is 39.1 Å². The molecule has 1 aliphatic heterocycles. The minimum Gasteiger partial charge on any atom is -0.378 e. The molecule has 110 valence electrons. The number of amides is 1. The maximum absolute atomic E-state index is 12.1. The molecule has 0 radical (unpaired) electrons. The molecule has 1 atom stereocenters. The van der Waals surface area contributed by atoms with Gasteiger partial charge in [0.1, 0.15) is 6.61 Å². The van der Waals surface area contributed by atoms with E-state index in [1.807, 2.05) is 25.9 Å². The first-order chi connectivity index (χ1) is 9.52. The maximum Gasteiger partial charge on any atom is 0.249 e. The molecule has 0 bridgehead atoms. The second-order valence-electron chi connectivity index (χ2n) is 5.46. The van der Waals surface area contributed by atoms with E-state index in [0.29, 0.717) is 0 Å². The quantitative estimate of drug-likeness (QED) is 0.841. The average molecular weight is 277 g/mol. The first-order valence-corrected chi connectivity index (χ1v) is 6.97. The number of methoxy groups -OCH3 is 1. The zero-order chi connectivity index (χ0) is 14.7. The molecular formula is C15H23N3O2. The normalized spacial score (nSPS) is 18.4. The van der Waals surface area contributed by atoms with E-state index in [9.17, 15) is 4.79 Å². The Morgan fingerprint density at radius 3 is 2.90 bits per heavy atom. The Morgan fingerprint density at radius 1 is 1.50 bits per heavy atom. The number of aromatic nitrogens is 1. The summed E-state index contributed by atoms with van der Waals surface area (Å²) in [5, 5.41) is 0. The Balaban J connectivity index is 2.27. The number of carbonyl (C=O) groups excluding carboxylic acids is 1. The van der Waals surface area contributed by atoms with Gasteiger partial charge in [0.05, 0.1) is 11.7 Å². The number of rotatable bonds is 4. The summed E-state index contributed by atoms with van der Waals surface area (Å²) < 4.78 is 4.97. The van der Waals surface area contributed by atoms with Crippen molar-refractivity contribution in [1.29, 1.82) is 0 Å². The van der Waals surface area contributed by atoms with Crippen molar-refractivity contribution >= 4 is 11.6 Å². The molecule has 5 nitrogen and oxygen atoms in total. The smallest absolute Gasteiger partial charge is 0.249 e. The summed E-state index contributed by atoms with van der Waals surface area (Å²) in [7, 11) is 5.58. The van der Waals surface area contributed by atoms with Crippen LogP contribution in [0.1, 0.15) is 30.3 Å². The van der Waals surface area contributed by atoms with Gasteiger partial charge in [0.15, 0.2) is 0 Å². The number of carbonyl (C=O) groups is 1. The highest BCUT2D eigenvalue weighted by atomic mass is 16.5. The second kappa shape index (κ2) is 6.22. The highest BCUT2D eigenvalue weighted by molar-refractivity contribution is 5.78. The molecule has 1 saturated heterocycles. The Labute approximate surface area is 120 Å². The van der Waals surface area contributed by atoms with Gasteiger partial charge in [0.2, 0.25) is 5.91 Å². The summed E-state index contributed by atoms with van der Waals surface area (Å²) in [6.45, 7) is 2.93. The molecule has 1 aromatic heterocycles. The van der Waals surface area contributed by atoms with E-state index in [0.717, 1.165) is 36.5 Å². The summed E-state index contributed by atoms with van der Waals surface area (Å²) in [6, 6.07) is 4.21. The fourth-order valence-electron chi connectivity index (χ4n) is 2.68. The lowest BCUT2D eigenvalue weighted by Crippen LogP contribution is -2.33. The van der Waals surface area contributed by atoms with Gasteiger partial charge in [-0.1, -0.05) is 0 Å². The zero-order valence-corrected chi connectivity index (χ0v) is 12.7.